The van der Waals surface area contributed by atoms with E-state index in [2.05, 4.69) is 29.4 Å². The highest BCUT2D eigenvalue weighted by atomic mass is 32.2. The SMILES string of the molecule is Cc1ccc(S(=O)(=O)N2CCN(Cn3c(SC(C)C)nc4ccccc43)CC2)cc1C. The van der Waals surface area contributed by atoms with Gasteiger partial charge < -0.3 is 4.57 Å². The van der Waals surface area contributed by atoms with E-state index in [-0.39, 0.29) is 0 Å². The highest BCUT2D eigenvalue weighted by Gasteiger charge is 2.29. The number of piperazine rings is 1. The minimum atomic E-state index is -3.46. The van der Waals surface area contributed by atoms with E-state index in [0.717, 1.165) is 27.3 Å². The molecular weight excluding hydrogens is 428 g/mol. The highest BCUT2D eigenvalue weighted by Crippen LogP contribution is 2.28. The maximum absolute atomic E-state index is 13.1. The Labute approximate surface area is 189 Å². The first-order valence-corrected chi connectivity index (χ1v) is 13.0. The van der Waals surface area contributed by atoms with Crippen LogP contribution in [-0.4, -0.2) is 58.6 Å². The Balaban J connectivity index is 1.49. The van der Waals surface area contributed by atoms with Crippen molar-refractivity contribution in [2.45, 2.75) is 49.7 Å². The van der Waals surface area contributed by atoms with E-state index in [9.17, 15) is 8.42 Å². The standard InChI is InChI=1S/C23H30N4O2S2/c1-17(2)30-23-24-21-7-5-6-8-22(21)27(23)16-25-11-13-26(14-12-25)31(28,29)20-10-9-18(3)19(4)15-20/h5-10,15,17H,11-14,16H2,1-4H3. The molecule has 2 aromatic carbocycles. The van der Waals surface area contributed by atoms with Crippen LogP contribution in [0, 0.1) is 13.8 Å². The Bertz CT molecular complexity index is 1180. The van der Waals surface area contributed by atoms with Gasteiger partial charge in [-0.25, -0.2) is 13.4 Å². The first-order valence-electron chi connectivity index (χ1n) is 10.7. The maximum atomic E-state index is 13.1. The predicted octanol–water partition coefficient (Wildman–Crippen LogP) is 4.12. The minimum absolute atomic E-state index is 0.389. The van der Waals surface area contributed by atoms with Gasteiger partial charge in [0.25, 0.3) is 0 Å². The summed E-state index contributed by atoms with van der Waals surface area (Å²) in [7, 11) is -3.46. The Morgan fingerprint density at radius 2 is 1.71 bits per heavy atom. The first kappa shape index (κ1) is 22.3. The minimum Gasteiger partial charge on any atom is -0.305 e. The van der Waals surface area contributed by atoms with Gasteiger partial charge in [-0.3, -0.25) is 4.90 Å². The second kappa shape index (κ2) is 8.94. The summed E-state index contributed by atoms with van der Waals surface area (Å²) < 4.78 is 30.1. The number of hydrogen-bond donors (Lipinski definition) is 0. The average molecular weight is 459 g/mol. The van der Waals surface area contributed by atoms with Crippen LogP contribution in [0.25, 0.3) is 11.0 Å². The molecule has 0 radical (unpaired) electrons. The third-order valence-electron chi connectivity index (χ3n) is 5.75. The Hall–Kier alpha value is -1.87. The number of imidazole rings is 1. The molecule has 3 aromatic rings. The lowest BCUT2D eigenvalue weighted by atomic mass is 10.1. The van der Waals surface area contributed by atoms with Crippen molar-refractivity contribution in [1.82, 2.24) is 18.8 Å². The molecule has 0 spiro atoms. The molecule has 1 aliphatic rings. The van der Waals surface area contributed by atoms with Crippen molar-refractivity contribution in [2.75, 3.05) is 26.2 Å². The fourth-order valence-corrected chi connectivity index (χ4v) is 6.19. The number of rotatable bonds is 6. The van der Waals surface area contributed by atoms with Crippen LogP contribution >= 0.6 is 11.8 Å². The molecule has 1 fully saturated rings. The number of aromatic nitrogens is 2. The molecule has 8 heteroatoms. The fourth-order valence-electron chi connectivity index (χ4n) is 3.83. The van der Waals surface area contributed by atoms with E-state index in [0.29, 0.717) is 43.0 Å². The molecule has 4 rings (SSSR count). The van der Waals surface area contributed by atoms with E-state index >= 15 is 0 Å². The average Bonchev–Trinajstić information content (AvgIpc) is 3.07. The Kier molecular flexibility index (Phi) is 6.44. The van der Waals surface area contributed by atoms with Gasteiger partial charge in [-0.05, 0) is 49.2 Å². The van der Waals surface area contributed by atoms with Gasteiger partial charge >= 0.3 is 0 Å². The summed E-state index contributed by atoms with van der Waals surface area (Å²) in [6.45, 7) is 11.4. The lowest BCUT2D eigenvalue weighted by molar-refractivity contribution is 0.150. The highest BCUT2D eigenvalue weighted by molar-refractivity contribution is 7.99. The van der Waals surface area contributed by atoms with Gasteiger partial charge in [-0.2, -0.15) is 4.31 Å². The van der Waals surface area contributed by atoms with Crippen LogP contribution in [0.15, 0.2) is 52.5 Å². The van der Waals surface area contributed by atoms with Crippen LogP contribution in [0.4, 0.5) is 0 Å². The molecule has 166 valence electrons. The predicted molar refractivity (Wildman–Crippen MR) is 127 cm³/mol. The molecule has 0 unspecified atom stereocenters. The number of thioether (sulfide) groups is 1. The lowest BCUT2D eigenvalue weighted by Gasteiger charge is -2.34. The molecular formula is C23H30N4O2S2. The lowest BCUT2D eigenvalue weighted by Crippen LogP contribution is -2.48. The van der Waals surface area contributed by atoms with Crippen LogP contribution in [0.5, 0.6) is 0 Å². The molecule has 0 N–H and O–H groups in total. The number of benzene rings is 2. The third-order valence-corrected chi connectivity index (χ3v) is 8.64. The molecule has 0 aliphatic carbocycles. The molecule has 1 aromatic heterocycles. The molecule has 0 amide bonds. The van der Waals surface area contributed by atoms with Gasteiger partial charge in [0.2, 0.25) is 10.0 Å². The Morgan fingerprint density at radius 3 is 2.39 bits per heavy atom. The zero-order valence-electron chi connectivity index (χ0n) is 18.6. The number of sulfonamides is 1. The molecule has 1 aliphatic heterocycles. The summed E-state index contributed by atoms with van der Waals surface area (Å²) in [6.07, 6.45) is 0. The van der Waals surface area contributed by atoms with Crippen molar-refractivity contribution in [3.05, 3.63) is 53.6 Å². The second-order valence-electron chi connectivity index (χ2n) is 8.39. The number of nitrogens with zero attached hydrogens (tertiary/aromatic N) is 4. The van der Waals surface area contributed by atoms with E-state index < -0.39 is 10.0 Å². The van der Waals surface area contributed by atoms with Crippen molar-refractivity contribution >= 4 is 32.8 Å². The summed E-state index contributed by atoms with van der Waals surface area (Å²) in [4.78, 5) is 7.52. The summed E-state index contributed by atoms with van der Waals surface area (Å²) in [6, 6.07) is 13.6. The van der Waals surface area contributed by atoms with Crippen LogP contribution in [0.1, 0.15) is 25.0 Å². The quantitative estimate of drug-likeness (QED) is 0.520. The van der Waals surface area contributed by atoms with Crippen molar-refractivity contribution in [3.8, 4) is 0 Å². The summed E-state index contributed by atoms with van der Waals surface area (Å²) in [5.41, 5.74) is 4.23. The van der Waals surface area contributed by atoms with Gasteiger partial charge in [0.15, 0.2) is 5.16 Å². The molecule has 2 heterocycles. The maximum Gasteiger partial charge on any atom is 0.243 e. The van der Waals surface area contributed by atoms with E-state index in [4.69, 9.17) is 4.98 Å². The molecule has 0 bridgehead atoms. The molecule has 0 saturated carbocycles. The van der Waals surface area contributed by atoms with Gasteiger partial charge in [0.05, 0.1) is 22.6 Å². The normalized spacial score (nSPS) is 16.4. The van der Waals surface area contributed by atoms with Crippen LogP contribution in [0.3, 0.4) is 0 Å². The number of para-hydroxylation sites is 2. The third kappa shape index (κ3) is 4.67. The van der Waals surface area contributed by atoms with Crippen LogP contribution < -0.4 is 0 Å². The van der Waals surface area contributed by atoms with Gasteiger partial charge in [-0.15, -0.1) is 0 Å². The van der Waals surface area contributed by atoms with Gasteiger partial charge in [-0.1, -0.05) is 43.8 Å². The second-order valence-corrected chi connectivity index (χ2v) is 11.9. The van der Waals surface area contributed by atoms with Crippen molar-refractivity contribution < 1.29 is 8.42 Å². The molecule has 31 heavy (non-hydrogen) atoms. The molecule has 1 saturated heterocycles. The monoisotopic (exact) mass is 458 g/mol. The zero-order chi connectivity index (χ0) is 22.2. The molecule has 0 atom stereocenters. The zero-order valence-corrected chi connectivity index (χ0v) is 20.2. The largest absolute Gasteiger partial charge is 0.305 e. The topological polar surface area (TPSA) is 58.4 Å². The van der Waals surface area contributed by atoms with E-state index in [1.807, 2.05) is 38.1 Å². The van der Waals surface area contributed by atoms with E-state index in [1.165, 1.54) is 0 Å². The summed E-state index contributed by atoms with van der Waals surface area (Å²) in [5.74, 6) is 0. The summed E-state index contributed by atoms with van der Waals surface area (Å²) >= 11 is 1.76. The fraction of sp³-hybridized carbons (Fsp3) is 0.435. The number of aryl methyl sites for hydroxylation is 2. The summed E-state index contributed by atoms with van der Waals surface area (Å²) in [5, 5.41) is 1.46. The Morgan fingerprint density at radius 1 is 1.00 bits per heavy atom. The van der Waals surface area contributed by atoms with Gasteiger partial charge in [0.1, 0.15) is 0 Å². The van der Waals surface area contributed by atoms with Crippen molar-refractivity contribution in [1.29, 1.82) is 0 Å². The first-order chi connectivity index (χ1) is 14.8. The molecule has 6 nitrogen and oxygen atoms in total. The number of hydrogen-bond acceptors (Lipinski definition) is 5. The van der Waals surface area contributed by atoms with Crippen molar-refractivity contribution in [3.63, 3.8) is 0 Å². The number of fused-ring (bicyclic) bond motifs is 1. The van der Waals surface area contributed by atoms with Gasteiger partial charge in [0, 0.05) is 31.4 Å². The smallest absolute Gasteiger partial charge is 0.243 e. The van der Waals surface area contributed by atoms with Crippen molar-refractivity contribution in [2.24, 2.45) is 0 Å². The van der Waals surface area contributed by atoms with Crippen LogP contribution in [0.2, 0.25) is 0 Å². The van der Waals surface area contributed by atoms with Crippen LogP contribution in [-0.2, 0) is 16.7 Å². The van der Waals surface area contributed by atoms with E-state index in [1.54, 1.807) is 28.2 Å².